The van der Waals surface area contributed by atoms with Crippen molar-refractivity contribution >= 4 is 22.8 Å². The molecule has 5 rings (SSSR count). The van der Waals surface area contributed by atoms with Crippen LogP contribution in [0.5, 0.6) is 0 Å². The average molecular weight is 516 g/mol. The maximum Gasteiger partial charge on any atom is 0.410 e. The van der Waals surface area contributed by atoms with Gasteiger partial charge in [-0.3, -0.25) is 9.59 Å². The van der Waals surface area contributed by atoms with Crippen molar-refractivity contribution in [2.24, 2.45) is 5.92 Å². The van der Waals surface area contributed by atoms with E-state index < -0.39 is 5.60 Å². The second-order valence-electron chi connectivity index (χ2n) is 11.8. The maximum atomic E-state index is 13.3. The number of benzene rings is 2. The van der Waals surface area contributed by atoms with Gasteiger partial charge in [-0.2, -0.15) is 0 Å². The van der Waals surface area contributed by atoms with Gasteiger partial charge in [0.1, 0.15) is 5.60 Å². The molecule has 2 fully saturated rings. The van der Waals surface area contributed by atoms with E-state index in [-0.39, 0.29) is 17.6 Å². The second-order valence-corrected chi connectivity index (χ2v) is 11.8. The summed E-state index contributed by atoms with van der Waals surface area (Å²) in [5.41, 5.74) is 3.22. The topological polar surface area (TPSA) is 80.6 Å². The third-order valence-corrected chi connectivity index (χ3v) is 7.42. The van der Waals surface area contributed by atoms with E-state index in [9.17, 15) is 14.4 Å². The SMILES string of the molecule is Cc1ccc(C(=O)NC2CC2)cc1-c1ccc2c(=O)n(CC3CCN(C(=O)OC(C)(C)C)CC3)ccc2c1. The number of aryl methyl sites for hydroxylation is 1. The van der Waals surface area contributed by atoms with Crippen LogP contribution in [0.1, 0.15) is 62.4 Å². The van der Waals surface area contributed by atoms with Crippen molar-refractivity contribution in [3.05, 3.63) is 70.1 Å². The number of carbonyl (C=O) groups is 2. The van der Waals surface area contributed by atoms with E-state index in [2.05, 4.69) is 5.32 Å². The van der Waals surface area contributed by atoms with E-state index in [1.54, 1.807) is 9.47 Å². The quantitative estimate of drug-likeness (QED) is 0.485. The Hall–Kier alpha value is -3.61. The lowest BCUT2D eigenvalue weighted by Gasteiger charge is -2.33. The van der Waals surface area contributed by atoms with Crippen LogP contribution in [0.3, 0.4) is 0 Å². The number of pyridine rings is 1. The number of amides is 2. The number of fused-ring (bicyclic) bond motifs is 1. The van der Waals surface area contributed by atoms with Crippen molar-refractivity contribution in [3.8, 4) is 11.1 Å². The van der Waals surface area contributed by atoms with Gasteiger partial charge < -0.3 is 19.5 Å². The Morgan fingerprint density at radius 1 is 1.00 bits per heavy atom. The molecule has 0 unspecified atom stereocenters. The minimum atomic E-state index is -0.502. The van der Waals surface area contributed by atoms with Gasteiger partial charge in [0, 0.05) is 42.8 Å². The molecule has 0 spiro atoms. The van der Waals surface area contributed by atoms with Gasteiger partial charge in [0.05, 0.1) is 0 Å². The number of likely N-dealkylation sites (tertiary alicyclic amines) is 1. The number of rotatable bonds is 5. The number of aromatic nitrogens is 1. The van der Waals surface area contributed by atoms with Gasteiger partial charge in [0.15, 0.2) is 0 Å². The van der Waals surface area contributed by atoms with E-state index in [1.807, 2.05) is 76.4 Å². The number of carbonyl (C=O) groups excluding carboxylic acids is 2. The lowest BCUT2D eigenvalue weighted by molar-refractivity contribution is 0.0178. The molecular weight excluding hydrogens is 478 g/mol. The summed E-state index contributed by atoms with van der Waals surface area (Å²) in [6.07, 6.45) is 5.40. The smallest absolute Gasteiger partial charge is 0.410 e. The molecule has 1 N–H and O–H groups in total. The summed E-state index contributed by atoms with van der Waals surface area (Å²) in [6.45, 7) is 9.58. The Balaban J connectivity index is 1.29. The van der Waals surface area contributed by atoms with Gasteiger partial charge in [-0.25, -0.2) is 4.79 Å². The van der Waals surface area contributed by atoms with E-state index >= 15 is 0 Å². The molecule has 1 saturated carbocycles. The summed E-state index contributed by atoms with van der Waals surface area (Å²) in [6, 6.07) is 14.0. The summed E-state index contributed by atoms with van der Waals surface area (Å²) in [5, 5.41) is 4.62. The van der Waals surface area contributed by atoms with E-state index in [4.69, 9.17) is 4.74 Å². The third kappa shape index (κ3) is 5.93. The maximum absolute atomic E-state index is 13.3. The molecule has 2 amide bonds. The highest BCUT2D eigenvalue weighted by Crippen LogP contribution is 2.28. The number of ether oxygens (including phenoxy) is 1. The fourth-order valence-electron chi connectivity index (χ4n) is 5.07. The molecule has 0 radical (unpaired) electrons. The Labute approximate surface area is 223 Å². The molecule has 200 valence electrons. The standard InChI is InChI=1S/C31H37N3O4/c1-20-5-6-24(28(35)32-25-8-9-25)18-27(20)22-7-10-26-23(17-22)13-16-34(29(26)36)19-21-11-14-33(15-12-21)30(37)38-31(2,3)4/h5-7,10,13,16-18,21,25H,8-9,11-12,14-15,19H2,1-4H3,(H,32,35). The third-order valence-electron chi connectivity index (χ3n) is 7.42. The molecule has 1 aliphatic carbocycles. The van der Waals surface area contributed by atoms with Crippen molar-refractivity contribution in [2.75, 3.05) is 13.1 Å². The normalized spacial score (nSPS) is 16.5. The molecule has 7 heteroatoms. The van der Waals surface area contributed by atoms with E-state index in [1.165, 1.54) is 0 Å². The Morgan fingerprint density at radius 3 is 2.42 bits per heavy atom. The van der Waals surface area contributed by atoms with Crippen LogP contribution in [0.4, 0.5) is 4.79 Å². The molecule has 1 saturated heterocycles. The summed E-state index contributed by atoms with van der Waals surface area (Å²) in [5.74, 6) is 0.296. The molecule has 0 atom stereocenters. The van der Waals surface area contributed by atoms with Crippen molar-refractivity contribution in [2.45, 2.75) is 71.6 Å². The number of nitrogens with zero attached hydrogens (tertiary/aromatic N) is 2. The van der Waals surface area contributed by atoms with Crippen LogP contribution in [0.25, 0.3) is 21.9 Å². The second kappa shape index (κ2) is 10.3. The van der Waals surface area contributed by atoms with Gasteiger partial charge >= 0.3 is 6.09 Å². The number of piperidine rings is 1. The fourth-order valence-corrected chi connectivity index (χ4v) is 5.07. The van der Waals surface area contributed by atoms with Crippen LogP contribution >= 0.6 is 0 Å². The Kier molecular flexibility index (Phi) is 7.03. The Bertz CT molecular complexity index is 1420. The minimum Gasteiger partial charge on any atom is -0.444 e. The molecular formula is C31H37N3O4. The highest BCUT2D eigenvalue weighted by molar-refractivity contribution is 5.96. The molecule has 38 heavy (non-hydrogen) atoms. The first kappa shape index (κ1) is 26.0. The van der Waals surface area contributed by atoms with Crippen molar-refractivity contribution in [1.29, 1.82) is 0 Å². The van der Waals surface area contributed by atoms with Crippen LogP contribution in [0.15, 0.2) is 53.5 Å². The predicted octanol–water partition coefficient (Wildman–Crippen LogP) is 5.52. The summed E-state index contributed by atoms with van der Waals surface area (Å²) >= 11 is 0. The van der Waals surface area contributed by atoms with Crippen LogP contribution in [-0.4, -0.2) is 46.2 Å². The Morgan fingerprint density at radius 2 is 1.74 bits per heavy atom. The number of nitrogens with one attached hydrogen (secondary N) is 1. The first-order valence-electron chi connectivity index (χ1n) is 13.6. The molecule has 0 bridgehead atoms. The van der Waals surface area contributed by atoms with E-state index in [0.717, 1.165) is 47.8 Å². The van der Waals surface area contributed by atoms with Crippen LogP contribution in [0, 0.1) is 12.8 Å². The van der Waals surface area contributed by atoms with E-state index in [0.29, 0.717) is 42.5 Å². The van der Waals surface area contributed by atoms with Crippen LogP contribution < -0.4 is 10.9 Å². The highest BCUT2D eigenvalue weighted by atomic mass is 16.6. The molecule has 1 aliphatic heterocycles. The van der Waals surface area contributed by atoms with Crippen LogP contribution in [-0.2, 0) is 11.3 Å². The first-order valence-corrected chi connectivity index (χ1v) is 13.6. The molecule has 2 aliphatic rings. The lowest BCUT2D eigenvalue weighted by atomic mass is 9.95. The molecule has 3 aromatic rings. The molecule has 2 heterocycles. The zero-order valence-corrected chi connectivity index (χ0v) is 22.8. The van der Waals surface area contributed by atoms with Gasteiger partial charge in [-0.15, -0.1) is 0 Å². The van der Waals surface area contributed by atoms with Crippen LogP contribution in [0.2, 0.25) is 0 Å². The largest absolute Gasteiger partial charge is 0.444 e. The monoisotopic (exact) mass is 515 g/mol. The zero-order valence-electron chi connectivity index (χ0n) is 22.8. The summed E-state index contributed by atoms with van der Waals surface area (Å²) in [4.78, 5) is 40.0. The molecule has 7 nitrogen and oxygen atoms in total. The summed E-state index contributed by atoms with van der Waals surface area (Å²) < 4.78 is 7.29. The lowest BCUT2D eigenvalue weighted by Crippen LogP contribution is -2.42. The predicted molar refractivity (Wildman–Crippen MR) is 149 cm³/mol. The molecule has 1 aromatic heterocycles. The van der Waals surface area contributed by atoms with Gasteiger partial charge in [-0.05, 0) is 112 Å². The number of hydrogen-bond donors (Lipinski definition) is 1. The van der Waals surface area contributed by atoms with Crippen molar-refractivity contribution in [1.82, 2.24) is 14.8 Å². The first-order chi connectivity index (χ1) is 18.1. The van der Waals surface area contributed by atoms with Gasteiger partial charge in [0.2, 0.25) is 0 Å². The fraction of sp³-hybridized carbons (Fsp3) is 0.452. The van der Waals surface area contributed by atoms with Crippen molar-refractivity contribution in [3.63, 3.8) is 0 Å². The minimum absolute atomic E-state index is 0.00194. The zero-order chi connectivity index (χ0) is 27.0. The number of hydrogen-bond acceptors (Lipinski definition) is 4. The van der Waals surface area contributed by atoms with Gasteiger partial charge in [-0.1, -0.05) is 12.1 Å². The summed E-state index contributed by atoms with van der Waals surface area (Å²) in [7, 11) is 0. The van der Waals surface area contributed by atoms with Crippen molar-refractivity contribution < 1.29 is 14.3 Å². The average Bonchev–Trinajstić information content (AvgIpc) is 3.69. The van der Waals surface area contributed by atoms with Gasteiger partial charge in [0.25, 0.3) is 11.5 Å². The molecule has 2 aromatic carbocycles. The highest BCUT2D eigenvalue weighted by Gasteiger charge is 2.27.